The Hall–Kier alpha value is -0.120. The van der Waals surface area contributed by atoms with Gasteiger partial charge in [-0.15, -0.1) is 0 Å². The van der Waals surface area contributed by atoms with Crippen LogP contribution in [0.3, 0.4) is 0 Å². The molecule has 0 aromatic rings. The van der Waals surface area contributed by atoms with Gasteiger partial charge < -0.3 is 15.0 Å². The molecule has 2 saturated heterocycles. The normalized spacial score (nSPS) is 35.6. The summed E-state index contributed by atoms with van der Waals surface area (Å²) in [7, 11) is 1.84. The van der Waals surface area contributed by atoms with Gasteiger partial charge in [0.05, 0.1) is 5.60 Å². The largest absolute Gasteiger partial charge is 0.377 e. The predicted molar refractivity (Wildman–Crippen MR) is 57.4 cm³/mol. The van der Waals surface area contributed by atoms with Crippen molar-refractivity contribution in [1.82, 2.24) is 10.2 Å². The molecule has 0 aliphatic carbocycles. The maximum Gasteiger partial charge on any atom is 0.0777 e. The van der Waals surface area contributed by atoms with Crippen LogP contribution in [0.25, 0.3) is 0 Å². The molecule has 0 aromatic heterocycles. The topological polar surface area (TPSA) is 24.5 Å². The van der Waals surface area contributed by atoms with Crippen molar-refractivity contribution in [3.05, 3.63) is 0 Å². The third kappa shape index (κ3) is 2.27. The summed E-state index contributed by atoms with van der Waals surface area (Å²) in [5.74, 6) is 0.884. The molecule has 0 aromatic carbocycles. The fourth-order valence-electron chi connectivity index (χ4n) is 2.47. The van der Waals surface area contributed by atoms with Crippen LogP contribution < -0.4 is 5.32 Å². The monoisotopic (exact) mass is 198 g/mol. The molecular weight excluding hydrogens is 176 g/mol. The highest BCUT2D eigenvalue weighted by atomic mass is 16.5. The Morgan fingerprint density at radius 1 is 1.50 bits per heavy atom. The molecule has 3 heteroatoms. The zero-order valence-corrected chi connectivity index (χ0v) is 9.38. The van der Waals surface area contributed by atoms with Gasteiger partial charge in [0, 0.05) is 33.3 Å². The van der Waals surface area contributed by atoms with Crippen molar-refractivity contribution in [3.8, 4) is 0 Å². The molecule has 2 heterocycles. The van der Waals surface area contributed by atoms with E-state index in [-0.39, 0.29) is 5.60 Å². The number of methoxy groups -OCH3 is 1. The number of rotatable bonds is 3. The summed E-state index contributed by atoms with van der Waals surface area (Å²) in [6, 6.07) is 0. The zero-order chi connectivity index (χ0) is 10.0. The number of nitrogens with one attached hydrogen (secondary N) is 1. The fraction of sp³-hybridized carbons (Fsp3) is 1.00. The maximum absolute atomic E-state index is 5.58. The van der Waals surface area contributed by atoms with E-state index in [0.717, 1.165) is 12.5 Å². The Labute approximate surface area is 86.8 Å². The van der Waals surface area contributed by atoms with Crippen LogP contribution in [0.4, 0.5) is 0 Å². The molecular formula is C11H22N2O. The lowest BCUT2D eigenvalue weighted by Crippen LogP contribution is -2.53. The van der Waals surface area contributed by atoms with Crippen molar-refractivity contribution in [3.63, 3.8) is 0 Å². The van der Waals surface area contributed by atoms with Gasteiger partial charge in [0.2, 0.25) is 0 Å². The molecule has 82 valence electrons. The second-order valence-corrected chi connectivity index (χ2v) is 5.02. The van der Waals surface area contributed by atoms with Crippen molar-refractivity contribution in [2.75, 3.05) is 39.8 Å². The molecule has 14 heavy (non-hydrogen) atoms. The Balaban J connectivity index is 1.80. The lowest BCUT2D eigenvalue weighted by Gasteiger charge is -2.42. The third-order valence-corrected chi connectivity index (χ3v) is 3.61. The zero-order valence-electron chi connectivity index (χ0n) is 9.38. The number of hydrogen-bond donors (Lipinski definition) is 1. The average molecular weight is 198 g/mol. The van der Waals surface area contributed by atoms with E-state index < -0.39 is 0 Å². The second-order valence-electron chi connectivity index (χ2n) is 5.02. The van der Waals surface area contributed by atoms with Crippen LogP contribution >= 0.6 is 0 Å². The summed E-state index contributed by atoms with van der Waals surface area (Å²) in [6.45, 7) is 8.28. The molecule has 0 radical (unpaired) electrons. The van der Waals surface area contributed by atoms with E-state index in [1.807, 2.05) is 7.11 Å². The number of likely N-dealkylation sites (tertiary alicyclic amines) is 1. The van der Waals surface area contributed by atoms with Crippen molar-refractivity contribution < 1.29 is 4.74 Å². The quantitative estimate of drug-likeness (QED) is 0.723. The van der Waals surface area contributed by atoms with Crippen LogP contribution in [0, 0.1) is 5.92 Å². The molecule has 1 atom stereocenters. The highest BCUT2D eigenvalue weighted by molar-refractivity contribution is 4.87. The fourth-order valence-corrected chi connectivity index (χ4v) is 2.47. The Kier molecular flexibility index (Phi) is 3.10. The smallest absolute Gasteiger partial charge is 0.0777 e. The van der Waals surface area contributed by atoms with Crippen LogP contribution in [0.2, 0.25) is 0 Å². The molecule has 1 N–H and O–H groups in total. The number of piperidine rings is 1. The van der Waals surface area contributed by atoms with E-state index in [1.165, 1.54) is 39.0 Å². The second kappa shape index (κ2) is 4.17. The number of ether oxygens (including phenoxy) is 1. The van der Waals surface area contributed by atoms with Crippen LogP contribution in [0.15, 0.2) is 0 Å². The van der Waals surface area contributed by atoms with Crippen LogP contribution in [0.1, 0.15) is 19.8 Å². The van der Waals surface area contributed by atoms with E-state index in [2.05, 4.69) is 17.1 Å². The van der Waals surface area contributed by atoms with Crippen molar-refractivity contribution >= 4 is 0 Å². The molecule has 2 fully saturated rings. The van der Waals surface area contributed by atoms with Gasteiger partial charge in [0.25, 0.3) is 0 Å². The first-order chi connectivity index (χ1) is 6.72. The van der Waals surface area contributed by atoms with E-state index in [1.54, 1.807) is 0 Å². The van der Waals surface area contributed by atoms with Crippen molar-refractivity contribution in [2.24, 2.45) is 5.92 Å². The van der Waals surface area contributed by atoms with Gasteiger partial charge in [-0.3, -0.25) is 0 Å². The van der Waals surface area contributed by atoms with E-state index in [4.69, 9.17) is 4.74 Å². The molecule has 0 saturated carbocycles. The first kappa shape index (κ1) is 10.4. The molecule has 0 spiro atoms. The molecule has 2 aliphatic heterocycles. The maximum atomic E-state index is 5.58. The number of nitrogens with zero attached hydrogens (tertiary/aromatic N) is 1. The molecule has 2 aliphatic rings. The van der Waals surface area contributed by atoms with E-state index in [0.29, 0.717) is 0 Å². The van der Waals surface area contributed by atoms with Gasteiger partial charge in [-0.05, 0) is 32.2 Å². The Morgan fingerprint density at radius 3 is 2.86 bits per heavy atom. The Morgan fingerprint density at radius 2 is 2.29 bits per heavy atom. The van der Waals surface area contributed by atoms with E-state index in [9.17, 15) is 0 Å². The minimum absolute atomic E-state index is 0.107. The van der Waals surface area contributed by atoms with Crippen LogP contribution in [0.5, 0.6) is 0 Å². The lowest BCUT2D eigenvalue weighted by atomic mass is 9.93. The summed E-state index contributed by atoms with van der Waals surface area (Å²) in [6.07, 6.45) is 2.49. The molecule has 1 unspecified atom stereocenters. The van der Waals surface area contributed by atoms with Gasteiger partial charge in [0.15, 0.2) is 0 Å². The first-order valence-electron chi connectivity index (χ1n) is 5.70. The third-order valence-electron chi connectivity index (χ3n) is 3.61. The van der Waals surface area contributed by atoms with Crippen LogP contribution in [-0.2, 0) is 4.74 Å². The standard InChI is InChI=1S/C11H22N2O/c1-11(14-2)4-3-5-13(9-11)8-10-6-12-7-10/h10,12H,3-9H2,1-2H3. The van der Waals surface area contributed by atoms with Gasteiger partial charge in [0.1, 0.15) is 0 Å². The number of hydrogen-bond acceptors (Lipinski definition) is 3. The highest BCUT2D eigenvalue weighted by Gasteiger charge is 2.32. The van der Waals surface area contributed by atoms with Gasteiger partial charge in [-0.25, -0.2) is 0 Å². The summed E-state index contributed by atoms with van der Waals surface area (Å²) >= 11 is 0. The average Bonchev–Trinajstić information content (AvgIpc) is 2.12. The van der Waals surface area contributed by atoms with Gasteiger partial charge in [-0.2, -0.15) is 0 Å². The highest BCUT2D eigenvalue weighted by Crippen LogP contribution is 2.24. The van der Waals surface area contributed by atoms with Gasteiger partial charge in [-0.1, -0.05) is 0 Å². The minimum atomic E-state index is 0.107. The summed E-state index contributed by atoms with van der Waals surface area (Å²) in [5, 5.41) is 3.33. The molecule has 2 rings (SSSR count). The molecule has 3 nitrogen and oxygen atoms in total. The summed E-state index contributed by atoms with van der Waals surface area (Å²) in [5.41, 5.74) is 0.107. The summed E-state index contributed by atoms with van der Waals surface area (Å²) in [4.78, 5) is 2.57. The van der Waals surface area contributed by atoms with Crippen molar-refractivity contribution in [1.29, 1.82) is 0 Å². The van der Waals surface area contributed by atoms with Crippen LogP contribution in [-0.4, -0.2) is 50.3 Å². The Bertz CT molecular complexity index is 194. The first-order valence-corrected chi connectivity index (χ1v) is 5.70. The SMILES string of the molecule is COC1(C)CCCN(CC2CNC2)C1. The van der Waals surface area contributed by atoms with E-state index >= 15 is 0 Å². The molecule has 0 bridgehead atoms. The predicted octanol–water partition coefficient (Wildman–Crippen LogP) is 0.707. The summed E-state index contributed by atoms with van der Waals surface area (Å²) < 4.78 is 5.58. The van der Waals surface area contributed by atoms with Crippen molar-refractivity contribution in [2.45, 2.75) is 25.4 Å². The minimum Gasteiger partial charge on any atom is -0.377 e. The molecule has 0 amide bonds. The van der Waals surface area contributed by atoms with Gasteiger partial charge >= 0.3 is 0 Å². The lowest BCUT2D eigenvalue weighted by molar-refractivity contribution is -0.0550.